The molecule has 0 fully saturated rings. The van der Waals surface area contributed by atoms with Gasteiger partial charge in [0.1, 0.15) is 6.04 Å². The van der Waals surface area contributed by atoms with E-state index in [1.165, 1.54) is 0 Å². The van der Waals surface area contributed by atoms with E-state index in [0.717, 1.165) is 0 Å². The molecule has 0 radical (unpaired) electrons. The predicted molar refractivity (Wildman–Crippen MR) is 44.4 cm³/mol. The van der Waals surface area contributed by atoms with Gasteiger partial charge in [-0.3, -0.25) is 10.1 Å². The van der Waals surface area contributed by atoms with Crippen molar-refractivity contribution in [1.29, 1.82) is 0 Å². The maximum Gasteiger partial charge on any atom is 0.405 e. The number of hydrogen-bond acceptors (Lipinski definition) is 4. The van der Waals surface area contributed by atoms with Crippen molar-refractivity contribution in [3.63, 3.8) is 0 Å². The molecule has 0 aromatic heterocycles. The van der Waals surface area contributed by atoms with Crippen molar-refractivity contribution in [2.75, 3.05) is 12.4 Å². The van der Waals surface area contributed by atoms with Gasteiger partial charge in [-0.05, 0) is 0 Å². The number of rotatable bonds is 5. The van der Waals surface area contributed by atoms with Crippen LogP contribution in [0.3, 0.4) is 0 Å². The molecule has 0 saturated carbocycles. The maximum absolute atomic E-state index is 10.3. The lowest BCUT2D eigenvalue weighted by atomic mass is 10.3. The molecule has 0 heterocycles. The summed E-state index contributed by atoms with van der Waals surface area (Å²) in [5, 5.41) is 21.0. The Morgan fingerprint density at radius 2 is 2.00 bits per heavy atom. The van der Waals surface area contributed by atoms with E-state index in [9.17, 15) is 9.59 Å². The summed E-state index contributed by atoms with van der Waals surface area (Å²) < 4.78 is 0. The minimum atomic E-state index is -1.20. The first-order chi connectivity index (χ1) is 5.57. The standard InChI is InChI=1S/C5H10N2O4S/c8-4(9)3(1-12)6-2-7-5(10)11/h3,6-7,12H,1-2H2,(H,8,9)(H,10,11)/t3-/m1/s1. The van der Waals surface area contributed by atoms with Gasteiger partial charge in [0, 0.05) is 5.75 Å². The van der Waals surface area contributed by atoms with Gasteiger partial charge < -0.3 is 15.5 Å². The van der Waals surface area contributed by atoms with Crippen LogP contribution in [0.25, 0.3) is 0 Å². The Bertz CT molecular complexity index is 175. The lowest BCUT2D eigenvalue weighted by Crippen LogP contribution is -2.44. The Kier molecular flexibility index (Phi) is 5.22. The van der Waals surface area contributed by atoms with Crippen molar-refractivity contribution in [2.45, 2.75) is 6.04 Å². The third-order valence-electron chi connectivity index (χ3n) is 1.07. The van der Waals surface area contributed by atoms with Crippen LogP contribution in [0.5, 0.6) is 0 Å². The van der Waals surface area contributed by atoms with Gasteiger partial charge in [0.2, 0.25) is 0 Å². The van der Waals surface area contributed by atoms with Gasteiger partial charge in [-0.1, -0.05) is 0 Å². The van der Waals surface area contributed by atoms with Crippen LogP contribution in [-0.4, -0.2) is 40.7 Å². The first-order valence-electron chi connectivity index (χ1n) is 3.11. The summed E-state index contributed by atoms with van der Waals surface area (Å²) in [6.45, 7) is -0.104. The minimum absolute atomic E-state index is 0.104. The van der Waals surface area contributed by atoms with Crippen LogP contribution in [0.4, 0.5) is 4.79 Å². The van der Waals surface area contributed by atoms with Crippen LogP contribution in [0.1, 0.15) is 0 Å². The van der Waals surface area contributed by atoms with E-state index < -0.39 is 18.1 Å². The van der Waals surface area contributed by atoms with E-state index in [0.29, 0.717) is 0 Å². The summed E-state index contributed by atoms with van der Waals surface area (Å²) in [7, 11) is 0. The molecule has 0 unspecified atom stereocenters. The van der Waals surface area contributed by atoms with E-state index in [2.05, 4.69) is 17.9 Å². The molecule has 7 heteroatoms. The molecule has 0 saturated heterocycles. The van der Waals surface area contributed by atoms with Crippen molar-refractivity contribution in [1.82, 2.24) is 10.6 Å². The number of carboxylic acid groups (broad SMARTS) is 2. The zero-order chi connectivity index (χ0) is 9.56. The zero-order valence-corrected chi connectivity index (χ0v) is 7.04. The number of thiol groups is 1. The molecule has 0 aromatic carbocycles. The number of carboxylic acids is 1. The van der Waals surface area contributed by atoms with Crippen molar-refractivity contribution >= 4 is 24.7 Å². The largest absolute Gasteiger partial charge is 0.480 e. The Hall–Kier alpha value is -0.950. The summed E-state index contributed by atoms with van der Waals surface area (Å²) in [6, 6.07) is -0.833. The van der Waals surface area contributed by atoms with Gasteiger partial charge in [0.05, 0.1) is 6.67 Å². The second-order valence-corrected chi connectivity index (χ2v) is 2.30. The summed E-state index contributed by atoms with van der Waals surface area (Å²) in [5.74, 6) is -0.950. The molecule has 12 heavy (non-hydrogen) atoms. The summed E-state index contributed by atoms with van der Waals surface area (Å²) >= 11 is 3.76. The van der Waals surface area contributed by atoms with Crippen molar-refractivity contribution < 1.29 is 19.8 Å². The highest BCUT2D eigenvalue weighted by Crippen LogP contribution is 1.86. The second-order valence-electron chi connectivity index (χ2n) is 1.94. The summed E-state index contributed by atoms with van der Waals surface area (Å²) in [5.41, 5.74) is 0. The number of hydrogen-bond donors (Lipinski definition) is 5. The Morgan fingerprint density at radius 1 is 1.42 bits per heavy atom. The number of aliphatic carboxylic acids is 1. The molecule has 0 aliphatic carbocycles. The molecule has 6 nitrogen and oxygen atoms in total. The van der Waals surface area contributed by atoms with Crippen LogP contribution < -0.4 is 10.6 Å². The van der Waals surface area contributed by atoms with E-state index in [4.69, 9.17) is 10.2 Å². The molecule has 4 N–H and O–H groups in total. The fourth-order valence-corrected chi connectivity index (χ4v) is 0.765. The van der Waals surface area contributed by atoms with Crippen LogP contribution in [-0.2, 0) is 4.79 Å². The van der Waals surface area contributed by atoms with Gasteiger partial charge in [-0.2, -0.15) is 12.6 Å². The quantitative estimate of drug-likeness (QED) is 0.291. The van der Waals surface area contributed by atoms with Crippen LogP contribution >= 0.6 is 12.6 Å². The molecule has 70 valence electrons. The SMILES string of the molecule is O=C(O)NCN[C@H](CS)C(=O)O. The number of carbonyl (C=O) groups is 2. The minimum Gasteiger partial charge on any atom is -0.480 e. The molecular formula is C5H10N2O4S. The average Bonchev–Trinajstić information content (AvgIpc) is 1.96. The van der Waals surface area contributed by atoms with Crippen LogP contribution in [0.15, 0.2) is 0 Å². The highest BCUT2D eigenvalue weighted by molar-refractivity contribution is 7.80. The fourth-order valence-electron chi connectivity index (χ4n) is 0.480. The van der Waals surface area contributed by atoms with Gasteiger partial charge in [0.15, 0.2) is 0 Å². The summed E-state index contributed by atoms with van der Waals surface area (Å²) in [4.78, 5) is 20.2. The molecule has 0 aliphatic rings. The van der Waals surface area contributed by atoms with E-state index in [1.54, 1.807) is 0 Å². The number of amides is 1. The molecule has 0 rings (SSSR count). The Morgan fingerprint density at radius 3 is 2.33 bits per heavy atom. The molecule has 0 spiro atoms. The van der Waals surface area contributed by atoms with Gasteiger partial charge in [0.25, 0.3) is 0 Å². The fraction of sp³-hybridized carbons (Fsp3) is 0.600. The first-order valence-corrected chi connectivity index (χ1v) is 3.75. The Labute approximate surface area is 74.4 Å². The van der Waals surface area contributed by atoms with Crippen molar-refractivity contribution in [3.8, 4) is 0 Å². The van der Waals surface area contributed by atoms with Crippen LogP contribution in [0.2, 0.25) is 0 Å². The van der Waals surface area contributed by atoms with E-state index >= 15 is 0 Å². The molecule has 0 bridgehead atoms. The lowest BCUT2D eigenvalue weighted by Gasteiger charge is -2.10. The molecule has 0 aromatic rings. The average molecular weight is 194 g/mol. The van der Waals surface area contributed by atoms with Crippen molar-refractivity contribution in [3.05, 3.63) is 0 Å². The highest BCUT2D eigenvalue weighted by atomic mass is 32.1. The third-order valence-corrected chi connectivity index (χ3v) is 1.43. The summed E-state index contributed by atoms with van der Waals surface area (Å²) in [6.07, 6.45) is -1.20. The predicted octanol–water partition coefficient (Wildman–Crippen LogP) is -0.816. The van der Waals surface area contributed by atoms with Crippen LogP contribution in [0, 0.1) is 0 Å². The smallest absolute Gasteiger partial charge is 0.405 e. The molecular weight excluding hydrogens is 184 g/mol. The lowest BCUT2D eigenvalue weighted by molar-refractivity contribution is -0.138. The van der Waals surface area contributed by atoms with Gasteiger partial charge in [-0.15, -0.1) is 0 Å². The first kappa shape index (κ1) is 11.1. The normalized spacial score (nSPS) is 12.1. The monoisotopic (exact) mass is 194 g/mol. The topological polar surface area (TPSA) is 98.7 Å². The van der Waals surface area contributed by atoms with E-state index in [-0.39, 0.29) is 12.4 Å². The van der Waals surface area contributed by atoms with Gasteiger partial charge in [-0.25, -0.2) is 4.79 Å². The molecule has 0 aliphatic heterocycles. The second kappa shape index (κ2) is 5.67. The maximum atomic E-state index is 10.3. The van der Waals surface area contributed by atoms with Gasteiger partial charge >= 0.3 is 12.1 Å². The highest BCUT2D eigenvalue weighted by Gasteiger charge is 2.13. The molecule has 1 atom stereocenters. The molecule has 1 amide bonds. The van der Waals surface area contributed by atoms with E-state index in [1.807, 2.05) is 5.32 Å². The third kappa shape index (κ3) is 4.80. The van der Waals surface area contributed by atoms with Crippen molar-refractivity contribution in [2.24, 2.45) is 0 Å². The zero-order valence-electron chi connectivity index (χ0n) is 6.15. The Balaban J connectivity index is 3.59. The number of nitrogens with one attached hydrogen (secondary N) is 2.